The number of ether oxygens (including phenoxy) is 2. The van der Waals surface area contributed by atoms with Gasteiger partial charge in [-0.1, -0.05) is 24.3 Å². The standard InChI is InChI=1S/C20H24N4O4S/c1-3-28-17-7-5-4-6-16(17)19(26)21-13-18(25)23-24-20(29)22-12-14-8-10-15(27-2)11-9-14/h4-11H,3,12-13H2,1-2H3,(H,21,26)(H,23,25)(H2,22,24,29). The van der Waals surface area contributed by atoms with E-state index in [2.05, 4.69) is 21.5 Å². The van der Waals surface area contributed by atoms with Gasteiger partial charge in [0.25, 0.3) is 11.8 Å². The van der Waals surface area contributed by atoms with Crippen molar-refractivity contribution in [2.75, 3.05) is 20.3 Å². The van der Waals surface area contributed by atoms with Crippen molar-refractivity contribution in [2.24, 2.45) is 0 Å². The van der Waals surface area contributed by atoms with E-state index in [4.69, 9.17) is 21.7 Å². The number of carbonyl (C=O) groups excluding carboxylic acids is 2. The Kier molecular flexibility index (Phi) is 8.71. The van der Waals surface area contributed by atoms with Gasteiger partial charge in [0.15, 0.2) is 5.11 Å². The molecule has 0 heterocycles. The molecule has 0 aliphatic rings. The molecule has 0 atom stereocenters. The molecule has 2 aromatic rings. The summed E-state index contributed by atoms with van der Waals surface area (Å²) in [6.07, 6.45) is 0. The predicted octanol–water partition coefficient (Wildman–Crippen LogP) is 1.52. The first-order valence-corrected chi connectivity index (χ1v) is 9.40. The largest absolute Gasteiger partial charge is 0.497 e. The van der Waals surface area contributed by atoms with Crippen molar-refractivity contribution in [3.05, 3.63) is 59.7 Å². The van der Waals surface area contributed by atoms with Crippen LogP contribution < -0.4 is 31.0 Å². The van der Waals surface area contributed by atoms with E-state index in [0.29, 0.717) is 24.5 Å². The van der Waals surface area contributed by atoms with Crippen LogP contribution in [0.2, 0.25) is 0 Å². The van der Waals surface area contributed by atoms with Crippen LogP contribution in [0.25, 0.3) is 0 Å². The van der Waals surface area contributed by atoms with E-state index in [9.17, 15) is 9.59 Å². The lowest BCUT2D eigenvalue weighted by molar-refractivity contribution is -0.120. The number of hydrazine groups is 1. The van der Waals surface area contributed by atoms with Crippen LogP contribution in [0.4, 0.5) is 0 Å². The third kappa shape index (κ3) is 7.30. The number of nitrogens with one attached hydrogen (secondary N) is 4. The molecule has 2 aromatic carbocycles. The van der Waals surface area contributed by atoms with Gasteiger partial charge in [-0.2, -0.15) is 0 Å². The van der Waals surface area contributed by atoms with Crippen molar-refractivity contribution in [3.63, 3.8) is 0 Å². The highest BCUT2D eigenvalue weighted by Crippen LogP contribution is 2.17. The third-order valence-corrected chi connectivity index (χ3v) is 4.02. The number of methoxy groups -OCH3 is 1. The molecule has 0 aliphatic carbocycles. The summed E-state index contributed by atoms with van der Waals surface area (Å²) in [6.45, 7) is 2.54. The second kappa shape index (κ2) is 11.5. The Morgan fingerprint density at radius 3 is 2.41 bits per heavy atom. The van der Waals surface area contributed by atoms with E-state index in [1.807, 2.05) is 31.2 Å². The van der Waals surface area contributed by atoms with E-state index in [1.54, 1.807) is 31.4 Å². The van der Waals surface area contributed by atoms with Gasteiger partial charge in [-0.3, -0.25) is 20.4 Å². The fourth-order valence-electron chi connectivity index (χ4n) is 2.33. The lowest BCUT2D eigenvalue weighted by Gasteiger charge is -2.13. The zero-order valence-electron chi connectivity index (χ0n) is 16.3. The Labute approximate surface area is 174 Å². The van der Waals surface area contributed by atoms with Gasteiger partial charge in [-0.05, 0) is 49.0 Å². The van der Waals surface area contributed by atoms with Crippen LogP contribution in [-0.2, 0) is 11.3 Å². The second-order valence-electron chi connectivity index (χ2n) is 5.82. The SMILES string of the molecule is CCOc1ccccc1C(=O)NCC(=O)NNC(=S)NCc1ccc(OC)cc1. The highest BCUT2D eigenvalue weighted by Gasteiger charge is 2.13. The van der Waals surface area contributed by atoms with Crippen LogP contribution in [0.15, 0.2) is 48.5 Å². The lowest BCUT2D eigenvalue weighted by atomic mass is 10.2. The van der Waals surface area contributed by atoms with E-state index in [0.717, 1.165) is 11.3 Å². The van der Waals surface area contributed by atoms with Crippen molar-refractivity contribution in [1.82, 2.24) is 21.5 Å². The average Bonchev–Trinajstić information content (AvgIpc) is 2.75. The van der Waals surface area contributed by atoms with Crippen LogP contribution in [-0.4, -0.2) is 37.2 Å². The summed E-state index contributed by atoms with van der Waals surface area (Å²) in [5.41, 5.74) is 6.38. The Morgan fingerprint density at radius 1 is 1.00 bits per heavy atom. The number of amides is 2. The van der Waals surface area contributed by atoms with Crippen molar-refractivity contribution in [2.45, 2.75) is 13.5 Å². The first-order chi connectivity index (χ1) is 14.0. The summed E-state index contributed by atoms with van der Waals surface area (Å²) in [7, 11) is 1.61. The Balaban J connectivity index is 1.71. The molecule has 4 N–H and O–H groups in total. The monoisotopic (exact) mass is 416 g/mol. The van der Waals surface area contributed by atoms with Crippen molar-refractivity contribution >= 4 is 29.1 Å². The molecule has 0 bridgehead atoms. The van der Waals surface area contributed by atoms with E-state index in [-0.39, 0.29) is 11.7 Å². The van der Waals surface area contributed by atoms with Gasteiger partial charge in [0.1, 0.15) is 11.5 Å². The summed E-state index contributed by atoms with van der Waals surface area (Å²) >= 11 is 5.11. The van der Waals surface area contributed by atoms with Gasteiger partial charge in [0, 0.05) is 6.54 Å². The quantitative estimate of drug-likeness (QED) is 0.382. The Hall–Kier alpha value is -3.33. The highest BCUT2D eigenvalue weighted by molar-refractivity contribution is 7.80. The van der Waals surface area contributed by atoms with E-state index >= 15 is 0 Å². The summed E-state index contributed by atoms with van der Waals surface area (Å²) in [5.74, 6) is 0.396. The predicted molar refractivity (Wildman–Crippen MR) is 114 cm³/mol. The van der Waals surface area contributed by atoms with Gasteiger partial charge in [0.05, 0.1) is 25.8 Å². The molecule has 2 rings (SSSR count). The molecular formula is C20H24N4O4S. The second-order valence-corrected chi connectivity index (χ2v) is 6.22. The summed E-state index contributed by atoms with van der Waals surface area (Å²) in [5, 5.41) is 5.76. The number of thiocarbonyl (C=S) groups is 1. The van der Waals surface area contributed by atoms with Crippen LogP contribution in [0, 0.1) is 0 Å². The van der Waals surface area contributed by atoms with E-state index < -0.39 is 11.8 Å². The topological polar surface area (TPSA) is 101 Å². The minimum Gasteiger partial charge on any atom is -0.497 e. The molecule has 0 radical (unpaired) electrons. The summed E-state index contributed by atoms with van der Waals surface area (Å²) in [4.78, 5) is 24.2. The van der Waals surface area contributed by atoms with Gasteiger partial charge in [0.2, 0.25) is 0 Å². The molecule has 0 unspecified atom stereocenters. The zero-order valence-corrected chi connectivity index (χ0v) is 17.1. The van der Waals surface area contributed by atoms with Crippen molar-refractivity contribution < 1.29 is 19.1 Å². The molecule has 8 nitrogen and oxygen atoms in total. The minimum atomic E-state index is -0.444. The molecule has 0 aliphatic heterocycles. The van der Waals surface area contributed by atoms with Crippen LogP contribution in [0.3, 0.4) is 0 Å². The molecule has 0 fully saturated rings. The van der Waals surface area contributed by atoms with Gasteiger partial charge >= 0.3 is 0 Å². The molecule has 9 heteroatoms. The smallest absolute Gasteiger partial charge is 0.257 e. The van der Waals surface area contributed by atoms with Crippen molar-refractivity contribution in [1.29, 1.82) is 0 Å². The maximum absolute atomic E-state index is 12.2. The number of para-hydroxylation sites is 1. The molecule has 0 aromatic heterocycles. The Bertz CT molecular complexity index is 843. The fourth-order valence-corrected chi connectivity index (χ4v) is 2.46. The number of hydrogen-bond acceptors (Lipinski definition) is 5. The fraction of sp³-hybridized carbons (Fsp3) is 0.250. The van der Waals surface area contributed by atoms with Gasteiger partial charge < -0.3 is 20.1 Å². The molecule has 29 heavy (non-hydrogen) atoms. The minimum absolute atomic E-state index is 0.215. The molecule has 154 valence electrons. The average molecular weight is 417 g/mol. The first kappa shape index (κ1) is 22.0. The van der Waals surface area contributed by atoms with Crippen LogP contribution in [0.5, 0.6) is 11.5 Å². The van der Waals surface area contributed by atoms with Crippen molar-refractivity contribution in [3.8, 4) is 11.5 Å². The van der Waals surface area contributed by atoms with E-state index in [1.165, 1.54) is 0 Å². The van der Waals surface area contributed by atoms with Crippen LogP contribution in [0.1, 0.15) is 22.8 Å². The zero-order chi connectivity index (χ0) is 21.1. The number of benzene rings is 2. The molecular weight excluding hydrogens is 392 g/mol. The lowest BCUT2D eigenvalue weighted by Crippen LogP contribution is -2.49. The molecule has 0 spiro atoms. The number of hydrogen-bond donors (Lipinski definition) is 4. The molecule has 0 saturated heterocycles. The number of rotatable bonds is 8. The maximum Gasteiger partial charge on any atom is 0.257 e. The van der Waals surface area contributed by atoms with Gasteiger partial charge in [-0.15, -0.1) is 0 Å². The summed E-state index contributed by atoms with van der Waals surface area (Å²) in [6, 6.07) is 14.3. The third-order valence-electron chi connectivity index (χ3n) is 3.77. The molecule has 0 saturated carbocycles. The normalized spacial score (nSPS) is 9.86. The maximum atomic E-state index is 12.2. The van der Waals surface area contributed by atoms with Crippen LogP contribution >= 0.6 is 12.2 Å². The number of carbonyl (C=O) groups is 2. The van der Waals surface area contributed by atoms with Gasteiger partial charge in [-0.25, -0.2) is 0 Å². The summed E-state index contributed by atoms with van der Waals surface area (Å²) < 4.78 is 10.5. The highest BCUT2D eigenvalue weighted by atomic mass is 32.1. The Morgan fingerprint density at radius 2 is 1.72 bits per heavy atom. The first-order valence-electron chi connectivity index (χ1n) is 8.99. The molecule has 2 amide bonds.